The van der Waals surface area contributed by atoms with Crippen LogP contribution in [-0.4, -0.2) is 45.9 Å². The number of aliphatic hydroxyl groups excluding tert-OH is 1. The normalized spacial score (nSPS) is 13.0. The summed E-state index contributed by atoms with van der Waals surface area (Å²) in [5.41, 5.74) is 3.69. The number of nitrogens with zero attached hydrogens (tertiary/aromatic N) is 3. The highest BCUT2D eigenvalue weighted by Gasteiger charge is 2.19. The van der Waals surface area contributed by atoms with Crippen molar-refractivity contribution in [3.05, 3.63) is 78.4 Å². The minimum atomic E-state index is -0.483. The molecule has 2 heterocycles. The molecule has 1 aliphatic heterocycles. The van der Waals surface area contributed by atoms with Crippen LogP contribution in [0.4, 0.5) is 5.69 Å². The molecule has 3 aromatic carbocycles. The first-order valence-corrected chi connectivity index (χ1v) is 11.3. The Bertz CT molecular complexity index is 1240. The fourth-order valence-electron chi connectivity index (χ4n) is 3.80. The molecule has 34 heavy (non-hydrogen) atoms. The molecule has 4 aromatic rings. The average Bonchev–Trinajstić information content (AvgIpc) is 3.51. The molecule has 0 aliphatic carbocycles. The van der Waals surface area contributed by atoms with Crippen molar-refractivity contribution < 1.29 is 19.3 Å². The maximum absolute atomic E-state index is 10.4. The third-order valence-corrected chi connectivity index (χ3v) is 5.46. The Hall–Kier alpha value is -4.04. The number of hydrogen-bond acceptors (Lipinski definition) is 7. The van der Waals surface area contributed by atoms with Gasteiger partial charge in [0.2, 0.25) is 6.79 Å². The first kappa shape index (κ1) is 21.8. The van der Waals surface area contributed by atoms with Gasteiger partial charge in [-0.05, 0) is 55.0 Å². The number of hydrogen-bond donors (Lipinski definition) is 2. The Balaban J connectivity index is 1.32. The van der Waals surface area contributed by atoms with Crippen LogP contribution in [0.2, 0.25) is 0 Å². The van der Waals surface area contributed by atoms with E-state index in [0.717, 1.165) is 22.5 Å². The van der Waals surface area contributed by atoms with Crippen molar-refractivity contribution in [1.82, 2.24) is 14.8 Å². The standard InChI is InChI=1S/C26H26N4O4/c1-2-32-26-28-25(19-8-13-23-24(15-19)34-17-33-23)30(29-26)21-11-9-20(10-12-21)27-16-22(31)14-18-6-4-3-5-7-18/h3-13,15,22,27,31H,2,14,16-17H2,1H3/t22-/m0/s1. The number of aromatic nitrogens is 3. The van der Waals surface area contributed by atoms with Crippen LogP contribution in [0.25, 0.3) is 17.1 Å². The zero-order chi connectivity index (χ0) is 23.3. The molecule has 0 saturated heterocycles. The Labute approximate surface area is 197 Å². The van der Waals surface area contributed by atoms with E-state index in [2.05, 4.69) is 15.4 Å². The lowest BCUT2D eigenvalue weighted by Gasteiger charge is -2.13. The van der Waals surface area contributed by atoms with E-state index in [1.54, 1.807) is 4.68 Å². The second-order valence-corrected chi connectivity index (χ2v) is 7.90. The van der Waals surface area contributed by atoms with Gasteiger partial charge in [0.25, 0.3) is 0 Å². The molecule has 2 N–H and O–H groups in total. The van der Waals surface area contributed by atoms with Crippen LogP contribution in [0, 0.1) is 0 Å². The smallest absolute Gasteiger partial charge is 0.336 e. The molecule has 0 amide bonds. The minimum Gasteiger partial charge on any atom is -0.463 e. The van der Waals surface area contributed by atoms with Crippen LogP contribution >= 0.6 is 0 Å². The van der Waals surface area contributed by atoms with Gasteiger partial charge in [-0.3, -0.25) is 0 Å². The van der Waals surface area contributed by atoms with Crippen LogP contribution < -0.4 is 19.5 Å². The molecule has 0 bridgehead atoms. The summed E-state index contributed by atoms with van der Waals surface area (Å²) < 4.78 is 18.2. The fourth-order valence-corrected chi connectivity index (χ4v) is 3.80. The van der Waals surface area contributed by atoms with E-state index < -0.39 is 6.10 Å². The topological polar surface area (TPSA) is 90.7 Å². The Morgan fingerprint density at radius 2 is 1.82 bits per heavy atom. The predicted octanol–water partition coefficient (Wildman–Crippen LogP) is 4.08. The molecular weight excluding hydrogens is 432 g/mol. The van der Waals surface area contributed by atoms with Crippen LogP contribution in [0.1, 0.15) is 12.5 Å². The summed E-state index contributed by atoms with van der Waals surface area (Å²) in [6.07, 6.45) is 0.119. The lowest BCUT2D eigenvalue weighted by atomic mass is 10.1. The summed E-state index contributed by atoms with van der Waals surface area (Å²) in [4.78, 5) is 4.58. The van der Waals surface area contributed by atoms with E-state index >= 15 is 0 Å². The molecule has 8 nitrogen and oxygen atoms in total. The Kier molecular flexibility index (Phi) is 6.31. The zero-order valence-electron chi connectivity index (χ0n) is 18.8. The van der Waals surface area contributed by atoms with Gasteiger partial charge in [-0.15, -0.1) is 5.10 Å². The van der Waals surface area contributed by atoms with Gasteiger partial charge < -0.3 is 24.6 Å². The van der Waals surface area contributed by atoms with Crippen LogP contribution in [-0.2, 0) is 6.42 Å². The summed E-state index contributed by atoms with van der Waals surface area (Å²) in [5.74, 6) is 2.03. The van der Waals surface area contributed by atoms with Crippen LogP contribution in [0.15, 0.2) is 72.8 Å². The third-order valence-electron chi connectivity index (χ3n) is 5.46. The largest absolute Gasteiger partial charge is 0.463 e. The Morgan fingerprint density at radius 1 is 1.03 bits per heavy atom. The number of fused-ring (bicyclic) bond motifs is 1. The van der Waals surface area contributed by atoms with Gasteiger partial charge in [0.15, 0.2) is 17.3 Å². The number of nitrogens with one attached hydrogen (secondary N) is 1. The van der Waals surface area contributed by atoms with Crippen LogP contribution in [0.3, 0.4) is 0 Å². The molecule has 0 radical (unpaired) electrons. The van der Waals surface area contributed by atoms with Gasteiger partial charge >= 0.3 is 6.01 Å². The van der Waals surface area contributed by atoms with Crippen molar-refractivity contribution >= 4 is 5.69 Å². The highest BCUT2D eigenvalue weighted by Crippen LogP contribution is 2.36. The van der Waals surface area contributed by atoms with Gasteiger partial charge in [0.05, 0.1) is 18.4 Å². The molecule has 1 aromatic heterocycles. The summed E-state index contributed by atoms with van der Waals surface area (Å²) >= 11 is 0. The van der Waals surface area contributed by atoms with Gasteiger partial charge in [0.1, 0.15) is 0 Å². The molecule has 5 rings (SSSR count). The average molecular weight is 459 g/mol. The first-order chi connectivity index (χ1) is 16.7. The summed E-state index contributed by atoms with van der Waals surface area (Å²) in [6.45, 7) is 3.03. The molecular formula is C26H26N4O4. The van der Waals surface area contributed by atoms with Crippen molar-refractivity contribution in [2.75, 3.05) is 25.3 Å². The summed E-state index contributed by atoms with van der Waals surface area (Å²) in [5, 5.41) is 18.2. The maximum atomic E-state index is 10.4. The van der Waals surface area contributed by atoms with Crippen molar-refractivity contribution in [3.63, 3.8) is 0 Å². The Morgan fingerprint density at radius 3 is 2.62 bits per heavy atom. The molecule has 1 atom stereocenters. The molecule has 1 aliphatic rings. The van der Waals surface area contributed by atoms with Gasteiger partial charge in [0, 0.05) is 24.2 Å². The summed E-state index contributed by atoms with van der Waals surface area (Å²) in [7, 11) is 0. The van der Waals surface area contributed by atoms with E-state index in [-0.39, 0.29) is 6.79 Å². The van der Waals surface area contributed by atoms with Crippen LogP contribution in [0.5, 0.6) is 17.5 Å². The van der Waals surface area contributed by atoms with Crippen molar-refractivity contribution in [2.45, 2.75) is 19.4 Å². The fraction of sp³-hybridized carbons (Fsp3) is 0.231. The second kappa shape index (κ2) is 9.84. The lowest BCUT2D eigenvalue weighted by molar-refractivity contribution is 0.174. The number of rotatable bonds is 9. The summed E-state index contributed by atoms with van der Waals surface area (Å²) in [6, 6.07) is 23.8. The SMILES string of the molecule is CCOc1nc(-c2ccc3c(c2)OCO3)n(-c2ccc(NC[C@@H](O)Cc3ccccc3)cc2)n1. The third kappa shape index (κ3) is 4.82. The lowest BCUT2D eigenvalue weighted by Crippen LogP contribution is -2.21. The second-order valence-electron chi connectivity index (χ2n) is 7.90. The minimum absolute atomic E-state index is 0.212. The number of anilines is 1. The van der Waals surface area contributed by atoms with E-state index in [1.165, 1.54) is 0 Å². The van der Waals surface area contributed by atoms with Crippen molar-refractivity contribution in [3.8, 4) is 34.6 Å². The highest BCUT2D eigenvalue weighted by atomic mass is 16.7. The van der Waals surface area contributed by atoms with Gasteiger partial charge in [-0.1, -0.05) is 30.3 Å². The maximum Gasteiger partial charge on any atom is 0.336 e. The molecule has 8 heteroatoms. The highest BCUT2D eigenvalue weighted by molar-refractivity contribution is 5.64. The monoisotopic (exact) mass is 458 g/mol. The number of ether oxygens (including phenoxy) is 3. The van der Waals surface area contributed by atoms with Crippen molar-refractivity contribution in [2.24, 2.45) is 0 Å². The van der Waals surface area contributed by atoms with Gasteiger partial charge in [-0.2, -0.15) is 4.98 Å². The van der Waals surface area contributed by atoms with E-state index in [1.807, 2.05) is 79.7 Å². The molecule has 0 spiro atoms. The van der Waals surface area contributed by atoms with E-state index in [9.17, 15) is 5.11 Å². The zero-order valence-corrected chi connectivity index (χ0v) is 18.8. The van der Waals surface area contributed by atoms with Gasteiger partial charge in [-0.25, -0.2) is 4.68 Å². The molecule has 0 saturated carbocycles. The van der Waals surface area contributed by atoms with E-state index in [4.69, 9.17) is 14.2 Å². The number of aliphatic hydroxyl groups is 1. The number of benzene rings is 3. The molecule has 174 valence electrons. The predicted molar refractivity (Wildman–Crippen MR) is 129 cm³/mol. The molecule has 0 unspecified atom stereocenters. The van der Waals surface area contributed by atoms with Crippen molar-refractivity contribution in [1.29, 1.82) is 0 Å². The quantitative estimate of drug-likeness (QED) is 0.391. The van der Waals surface area contributed by atoms with E-state index in [0.29, 0.717) is 42.9 Å². The first-order valence-electron chi connectivity index (χ1n) is 11.3. The molecule has 0 fully saturated rings.